The Morgan fingerprint density at radius 3 is 2.33 bits per heavy atom. The third-order valence-electron chi connectivity index (χ3n) is 5.65. The smallest absolute Gasteiger partial charge is 0.137 e. The van der Waals surface area contributed by atoms with E-state index in [1.165, 1.54) is 24.1 Å². The molecule has 33 heavy (non-hydrogen) atoms. The van der Waals surface area contributed by atoms with Crippen molar-refractivity contribution in [1.82, 2.24) is 0 Å². The molecule has 0 spiro atoms. The molecule has 2 aliphatic rings. The number of hydrogen-bond acceptors (Lipinski definition) is 7. The minimum atomic E-state index is 0.806. The SMILES string of the molecule is CCN(CC)c1ccc2c(-c3ccc(SOC)cc3SOC)c3ccc(=NC)cc-3oc2c1. The summed E-state index contributed by atoms with van der Waals surface area (Å²) >= 11 is 2.69. The summed E-state index contributed by atoms with van der Waals surface area (Å²) in [4.78, 5) is 8.70. The lowest BCUT2D eigenvalue weighted by Gasteiger charge is -2.23. The topological polar surface area (TPSA) is 47.2 Å². The standard InChI is InChI=1S/C26H28N2O3S2/c1-6-28(7-2)18-9-12-21-24(15-18)31-23-14-17(27-3)8-11-20(23)26(21)22-13-10-19(32-29-4)16-25(22)33-30-5/h8-16H,6-7H2,1-5H3. The molecule has 172 valence electrons. The van der Waals surface area contributed by atoms with Crippen LogP contribution in [0, 0.1) is 0 Å². The third-order valence-corrected chi connectivity index (χ3v) is 6.95. The average Bonchev–Trinajstić information content (AvgIpc) is 2.84. The number of fused-ring (bicyclic) bond motifs is 2. The van der Waals surface area contributed by atoms with Gasteiger partial charge in [0.2, 0.25) is 0 Å². The van der Waals surface area contributed by atoms with Gasteiger partial charge < -0.3 is 17.7 Å². The molecule has 4 rings (SSSR count). The molecule has 0 N–H and O–H groups in total. The van der Waals surface area contributed by atoms with Crippen LogP contribution in [-0.4, -0.2) is 34.4 Å². The normalized spacial score (nSPS) is 12.1. The highest BCUT2D eigenvalue weighted by Gasteiger charge is 2.21. The van der Waals surface area contributed by atoms with Crippen LogP contribution < -0.4 is 10.3 Å². The number of rotatable bonds is 8. The van der Waals surface area contributed by atoms with Gasteiger partial charge in [-0.25, -0.2) is 0 Å². The van der Waals surface area contributed by atoms with E-state index in [0.29, 0.717) is 0 Å². The summed E-state index contributed by atoms with van der Waals surface area (Å²) < 4.78 is 17.2. The second kappa shape index (κ2) is 10.7. The van der Waals surface area contributed by atoms with E-state index in [1.807, 2.05) is 12.1 Å². The molecule has 0 saturated carbocycles. The molecule has 2 aromatic rings. The monoisotopic (exact) mass is 480 g/mol. The Bertz CT molecular complexity index is 1300. The van der Waals surface area contributed by atoms with E-state index in [1.54, 1.807) is 21.3 Å². The maximum atomic E-state index is 6.44. The van der Waals surface area contributed by atoms with Crippen LogP contribution in [0.15, 0.2) is 73.8 Å². The molecule has 0 aromatic heterocycles. The first-order valence-corrected chi connectivity index (χ1v) is 12.4. The molecule has 0 amide bonds. The maximum absolute atomic E-state index is 6.44. The average molecular weight is 481 g/mol. The summed E-state index contributed by atoms with van der Waals surface area (Å²) in [6, 6.07) is 18.9. The van der Waals surface area contributed by atoms with Gasteiger partial charge in [0, 0.05) is 88.3 Å². The van der Waals surface area contributed by atoms with Crippen molar-refractivity contribution in [1.29, 1.82) is 0 Å². The van der Waals surface area contributed by atoms with Crippen molar-refractivity contribution in [3.63, 3.8) is 0 Å². The summed E-state index contributed by atoms with van der Waals surface area (Å²) in [5.41, 5.74) is 5.24. The quantitative estimate of drug-likeness (QED) is 0.202. The van der Waals surface area contributed by atoms with E-state index in [0.717, 1.165) is 67.3 Å². The molecule has 1 aliphatic carbocycles. The van der Waals surface area contributed by atoms with Crippen LogP contribution in [0.3, 0.4) is 0 Å². The van der Waals surface area contributed by atoms with Gasteiger partial charge in [-0.2, -0.15) is 0 Å². The fraction of sp³-hybridized carbons (Fsp3) is 0.269. The van der Waals surface area contributed by atoms with Gasteiger partial charge in [-0.05, 0) is 55.8 Å². The number of benzene rings is 3. The van der Waals surface area contributed by atoms with Gasteiger partial charge >= 0.3 is 0 Å². The van der Waals surface area contributed by atoms with Crippen LogP contribution >= 0.6 is 24.1 Å². The Balaban J connectivity index is 2.05. The van der Waals surface area contributed by atoms with E-state index in [9.17, 15) is 0 Å². The molecular formula is C26H28N2O3S2. The van der Waals surface area contributed by atoms with Gasteiger partial charge in [-0.1, -0.05) is 6.07 Å². The lowest BCUT2D eigenvalue weighted by Crippen LogP contribution is -2.21. The van der Waals surface area contributed by atoms with Crippen LogP contribution in [0.2, 0.25) is 0 Å². The summed E-state index contributed by atoms with van der Waals surface area (Å²) in [6.07, 6.45) is 0. The van der Waals surface area contributed by atoms with Crippen LogP contribution in [-0.2, 0) is 8.37 Å². The minimum Gasteiger partial charge on any atom is -0.456 e. The second-order valence-electron chi connectivity index (χ2n) is 7.39. The largest absolute Gasteiger partial charge is 0.456 e. The molecule has 0 saturated heterocycles. The van der Waals surface area contributed by atoms with Crippen molar-refractivity contribution in [2.24, 2.45) is 4.99 Å². The highest BCUT2D eigenvalue weighted by Crippen LogP contribution is 2.45. The van der Waals surface area contributed by atoms with Crippen molar-refractivity contribution < 1.29 is 12.8 Å². The third kappa shape index (κ3) is 4.77. The molecule has 5 nitrogen and oxygen atoms in total. The summed E-state index contributed by atoms with van der Waals surface area (Å²) in [5.74, 6) is 0.806. The van der Waals surface area contributed by atoms with E-state index in [2.05, 4.69) is 66.2 Å². The van der Waals surface area contributed by atoms with Gasteiger partial charge in [-0.15, -0.1) is 0 Å². The Morgan fingerprint density at radius 1 is 0.879 bits per heavy atom. The first-order valence-electron chi connectivity index (χ1n) is 10.9. The minimum absolute atomic E-state index is 0.806. The fourth-order valence-electron chi connectivity index (χ4n) is 4.10. The first kappa shape index (κ1) is 23.7. The van der Waals surface area contributed by atoms with Crippen molar-refractivity contribution in [2.75, 3.05) is 39.3 Å². The van der Waals surface area contributed by atoms with Crippen molar-refractivity contribution in [3.8, 4) is 22.5 Å². The zero-order chi connectivity index (χ0) is 23.4. The fourth-order valence-corrected chi connectivity index (χ4v) is 5.27. The molecule has 1 heterocycles. The van der Waals surface area contributed by atoms with Gasteiger partial charge in [-0.3, -0.25) is 4.99 Å². The maximum Gasteiger partial charge on any atom is 0.137 e. The van der Waals surface area contributed by atoms with E-state index in [-0.39, 0.29) is 0 Å². The number of nitrogens with zero attached hydrogens (tertiary/aromatic N) is 2. The predicted octanol–water partition coefficient (Wildman–Crippen LogP) is 6.89. The number of anilines is 1. The predicted molar refractivity (Wildman–Crippen MR) is 139 cm³/mol. The zero-order valence-corrected chi connectivity index (χ0v) is 21.2. The van der Waals surface area contributed by atoms with Gasteiger partial charge in [0.15, 0.2) is 0 Å². The summed E-state index contributed by atoms with van der Waals surface area (Å²) in [7, 11) is 5.15. The highest BCUT2D eigenvalue weighted by atomic mass is 32.2. The number of hydrogen-bond donors (Lipinski definition) is 0. The summed E-state index contributed by atoms with van der Waals surface area (Å²) in [5, 5.41) is 1.94. The van der Waals surface area contributed by atoms with Crippen molar-refractivity contribution >= 4 is 40.7 Å². The Labute approximate surface area is 203 Å². The Hall–Kier alpha value is -2.45. The molecule has 1 aliphatic heterocycles. The summed E-state index contributed by atoms with van der Waals surface area (Å²) in [6.45, 7) is 6.21. The molecule has 0 unspecified atom stereocenters. The lowest BCUT2D eigenvalue weighted by atomic mass is 9.93. The molecule has 0 fully saturated rings. The van der Waals surface area contributed by atoms with E-state index in [4.69, 9.17) is 12.8 Å². The molecular weight excluding hydrogens is 452 g/mol. The van der Waals surface area contributed by atoms with E-state index < -0.39 is 0 Å². The molecule has 0 bridgehead atoms. The highest BCUT2D eigenvalue weighted by molar-refractivity contribution is 7.95. The lowest BCUT2D eigenvalue weighted by molar-refractivity contribution is 0.488. The van der Waals surface area contributed by atoms with Crippen molar-refractivity contribution in [3.05, 3.63) is 60.0 Å². The zero-order valence-electron chi connectivity index (χ0n) is 19.5. The van der Waals surface area contributed by atoms with Gasteiger partial charge in [0.1, 0.15) is 11.3 Å². The van der Waals surface area contributed by atoms with Crippen LogP contribution in [0.4, 0.5) is 5.69 Å². The molecule has 0 radical (unpaired) electrons. The van der Waals surface area contributed by atoms with Crippen LogP contribution in [0.1, 0.15) is 13.8 Å². The Morgan fingerprint density at radius 2 is 1.64 bits per heavy atom. The molecule has 7 heteroatoms. The van der Waals surface area contributed by atoms with E-state index >= 15 is 0 Å². The van der Waals surface area contributed by atoms with Gasteiger partial charge in [0.25, 0.3) is 0 Å². The first-order chi connectivity index (χ1) is 16.1. The second-order valence-corrected chi connectivity index (χ2v) is 9.30. The van der Waals surface area contributed by atoms with Crippen LogP contribution in [0.25, 0.3) is 33.4 Å². The van der Waals surface area contributed by atoms with Crippen molar-refractivity contribution in [2.45, 2.75) is 23.6 Å². The molecule has 0 atom stereocenters. The van der Waals surface area contributed by atoms with Gasteiger partial charge in [0.05, 0.1) is 19.6 Å². The molecule has 2 aromatic carbocycles. The Kier molecular flexibility index (Phi) is 7.65. The van der Waals surface area contributed by atoms with Crippen LogP contribution in [0.5, 0.6) is 0 Å².